The number of nitrogens with zero attached hydrogens (tertiary/aromatic N) is 3. The van der Waals surface area contributed by atoms with Crippen LogP contribution in [0.1, 0.15) is 31.4 Å². The van der Waals surface area contributed by atoms with Crippen LogP contribution in [0, 0.1) is 11.3 Å². The standard InChI is InChI=1S/C17H18N4O2/c18-9-15(20-12-7-5-11(6-8-12)17(22)23)16-10-19-13-3-1-2-4-14(13)21-16/h1-4,9-12,18H,5-8H2,(H,22,23). The molecule has 0 spiro atoms. The Morgan fingerprint density at radius 3 is 2.57 bits per heavy atom. The van der Waals surface area contributed by atoms with Gasteiger partial charge < -0.3 is 10.5 Å². The molecule has 1 aromatic carbocycles. The van der Waals surface area contributed by atoms with Crippen LogP contribution in [0.15, 0.2) is 35.5 Å². The van der Waals surface area contributed by atoms with Gasteiger partial charge in [0, 0.05) is 6.21 Å². The lowest BCUT2D eigenvalue weighted by molar-refractivity contribution is -0.142. The first-order valence-corrected chi connectivity index (χ1v) is 7.70. The van der Waals surface area contributed by atoms with Crippen LogP contribution in [0.25, 0.3) is 11.0 Å². The minimum absolute atomic E-state index is 0.0514. The van der Waals surface area contributed by atoms with Crippen molar-refractivity contribution in [3.8, 4) is 0 Å². The van der Waals surface area contributed by atoms with Gasteiger partial charge in [-0.25, -0.2) is 4.98 Å². The lowest BCUT2D eigenvalue weighted by Gasteiger charge is -2.23. The number of carbonyl (C=O) groups is 1. The van der Waals surface area contributed by atoms with E-state index in [4.69, 9.17) is 10.5 Å². The Labute approximate surface area is 133 Å². The van der Waals surface area contributed by atoms with Crippen LogP contribution in [-0.4, -0.2) is 39.0 Å². The highest BCUT2D eigenvalue weighted by atomic mass is 16.4. The topological polar surface area (TPSA) is 99.3 Å². The van der Waals surface area contributed by atoms with Crippen molar-refractivity contribution in [2.45, 2.75) is 31.7 Å². The van der Waals surface area contributed by atoms with Crippen LogP contribution in [0.5, 0.6) is 0 Å². The van der Waals surface area contributed by atoms with E-state index >= 15 is 0 Å². The molecule has 0 bridgehead atoms. The Hall–Kier alpha value is -2.63. The zero-order valence-electron chi connectivity index (χ0n) is 12.6. The quantitative estimate of drug-likeness (QED) is 0.848. The molecule has 0 saturated heterocycles. The van der Waals surface area contributed by atoms with Crippen molar-refractivity contribution < 1.29 is 9.90 Å². The second-order valence-corrected chi connectivity index (χ2v) is 5.75. The molecule has 0 amide bonds. The summed E-state index contributed by atoms with van der Waals surface area (Å²) < 4.78 is 0. The highest BCUT2D eigenvalue weighted by Crippen LogP contribution is 2.26. The molecule has 1 heterocycles. The molecule has 2 aromatic rings. The number of carboxylic acids is 1. The molecule has 23 heavy (non-hydrogen) atoms. The number of rotatable bonds is 4. The Morgan fingerprint density at radius 2 is 1.91 bits per heavy atom. The highest BCUT2D eigenvalue weighted by molar-refractivity contribution is 6.36. The van der Waals surface area contributed by atoms with Gasteiger partial charge in [0.15, 0.2) is 0 Å². The van der Waals surface area contributed by atoms with Crippen molar-refractivity contribution in [3.05, 3.63) is 36.2 Å². The van der Waals surface area contributed by atoms with E-state index in [-0.39, 0.29) is 12.0 Å². The lowest BCUT2D eigenvalue weighted by Crippen LogP contribution is -2.24. The first-order chi connectivity index (χ1) is 11.2. The van der Waals surface area contributed by atoms with Gasteiger partial charge in [0.1, 0.15) is 11.4 Å². The molecular formula is C17H18N4O2. The van der Waals surface area contributed by atoms with Crippen LogP contribution in [0.2, 0.25) is 0 Å². The number of nitrogens with one attached hydrogen (secondary N) is 1. The van der Waals surface area contributed by atoms with Crippen molar-refractivity contribution in [1.29, 1.82) is 5.41 Å². The van der Waals surface area contributed by atoms with E-state index in [1.54, 1.807) is 6.20 Å². The van der Waals surface area contributed by atoms with E-state index in [9.17, 15) is 4.79 Å². The maximum absolute atomic E-state index is 11.0. The average molecular weight is 310 g/mol. The monoisotopic (exact) mass is 310 g/mol. The summed E-state index contributed by atoms with van der Waals surface area (Å²) in [7, 11) is 0. The number of hydrogen-bond acceptors (Lipinski definition) is 5. The van der Waals surface area contributed by atoms with Gasteiger partial charge in [-0.15, -0.1) is 0 Å². The summed E-state index contributed by atoms with van der Waals surface area (Å²) in [6.07, 6.45) is 5.57. The van der Waals surface area contributed by atoms with Gasteiger partial charge >= 0.3 is 5.97 Å². The van der Waals surface area contributed by atoms with Gasteiger partial charge in [0.05, 0.1) is 29.2 Å². The summed E-state index contributed by atoms with van der Waals surface area (Å²) in [5.74, 6) is -0.981. The molecule has 0 unspecified atom stereocenters. The molecule has 1 aliphatic rings. The van der Waals surface area contributed by atoms with E-state index in [0.29, 0.717) is 24.2 Å². The number of aliphatic carboxylic acids is 1. The van der Waals surface area contributed by atoms with Crippen molar-refractivity contribution in [2.24, 2.45) is 10.9 Å². The van der Waals surface area contributed by atoms with Gasteiger partial charge in [0.25, 0.3) is 0 Å². The molecule has 1 saturated carbocycles. The van der Waals surface area contributed by atoms with Gasteiger partial charge in [-0.2, -0.15) is 0 Å². The number of aromatic nitrogens is 2. The molecule has 2 N–H and O–H groups in total. The third kappa shape index (κ3) is 3.41. The summed E-state index contributed by atoms with van der Waals surface area (Å²) in [6.45, 7) is 0. The fourth-order valence-corrected chi connectivity index (χ4v) is 2.91. The largest absolute Gasteiger partial charge is 0.481 e. The van der Waals surface area contributed by atoms with Gasteiger partial charge in [-0.3, -0.25) is 14.8 Å². The van der Waals surface area contributed by atoms with Crippen LogP contribution in [0.3, 0.4) is 0 Å². The van der Waals surface area contributed by atoms with Crippen LogP contribution in [-0.2, 0) is 4.79 Å². The smallest absolute Gasteiger partial charge is 0.306 e. The second kappa shape index (κ2) is 6.64. The molecular weight excluding hydrogens is 292 g/mol. The summed E-state index contributed by atoms with van der Waals surface area (Å²) in [4.78, 5) is 24.5. The minimum atomic E-state index is -0.722. The van der Waals surface area contributed by atoms with E-state index in [2.05, 4.69) is 15.0 Å². The predicted molar refractivity (Wildman–Crippen MR) is 88.2 cm³/mol. The fourth-order valence-electron chi connectivity index (χ4n) is 2.91. The molecule has 1 aliphatic carbocycles. The van der Waals surface area contributed by atoms with E-state index in [0.717, 1.165) is 23.9 Å². The molecule has 3 rings (SSSR count). The van der Waals surface area contributed by atoms with Crippen molar-refractivity contribution in [1.82, 2.24) is 9.97 Å². The molecule has 6 nitrogen and oxygen atoms in total. The number of fused-ring (bicyclic) bond motifs is 1. The Balaban J connectivity index is 1.81. The predicted octanol–water partition coefficient (Wildman–Crippen LogP) is 2.71. The maximum Gasteiger partial charge on any atom is 0.306 e. The van der Waals surface area contributed by atoms with Gasteiger partial charge in [-0.1, -0.05) is 12.1 Å². The SMILES string of the molecule is N=CC(=NC1CCC(C(=O)O)CC1)c1cnc2ccccc2n1. The number of benzene rings is 1. The Morgan fingerprint density at radius 1 is 1.22 bits per heavy atom. The second-order valence-electron chi connectivity index (χ2n) is 5.75. The minimum Gasteiger partial charge on any atom is -0.481 e. The zero-order valence-corrected chi connectivity index (χ0v) is 12.6. The van der Waals surface area contributed by atoms with Crippen LogP contribution in [0.4, 0.5) is 0 Å². The average Bonchev–Trinajstić information content (AvgIpc) is 2.59. The van der Waals surface area contributed by atoms with Crippen LogP contribution >= 0.6 is 0 Å². The summed E-state index contributed by atoms with van der Waals surface area (Å²) >= 11 is 0. The highest BCUT2D eigenvalue weighted by Gasteiger charge is 2.25. The number of aliphatic imine (C=N–C) groups is 1. The molecule has 1 aromatic heterocycles. The summed E-state index contributed by atoms with van der Waals surface area (Å²) in [5, 5.41) is 16.7. The number of para-hydroxylation sites is 2. The molecule has 6 heteroatoms. The Kier molecular flexibility index (Phi) is 4.41. The third-order valence-corrected chi connectivity index (χ3v) is 4.22. The molecule has 0 radical (unpaired) electrons. The lowest BCUT2D eigenvalue weighted by atomic mass is 9.86. The Bertz CT molecular complexity index is 764. The maximum atomic E-state index is 11.0. The fraction of sp³-hybridized carbons (Fsp3) is 0.353. The zero-order chi connectivity index (χ0) is 16.2. The van der Waals surface area contributed by atoms with Crippen molar-refractivity contribution in [3.63, 3.8) is 0 Å². The van der Waals surface area contributed by atoms with E-state index in [1.807, 2.05) is 24.3 Å². The molecule has 118 valence electrons. The summed E-state index contributed by atoms with van der Waals surface area (Å²) in [5.41, 5.74) is 2.66. The normalized spacial score (nSPS) is 22.0. The number of hydrogen-bond donors (Lipinski definition) is 2. The first kappa shape index (κ1) is 15.3. The summed E-state index contributed by atoms with van der Waals surface area (Å²) in [6, 6.07) is 7.63. The van der Waals surface area contributed by atoms with Gasteiger partial charge in [-0.05, 0) is 37.8 Å². The van der Waals surface area contributed by atoms with E-state index < -0.39 is 5.97 Å². The van der Waals surface area contributed by atoms with Crippen molar-refractivity contribution >= 4 is 28.9 Å². The first-order valence-electron chi connectivity index (χ1n) is 7.70. The van der Waals surface area contributed by atoms with E-state index in [1.165, 1.54) is 6.21 Å². The number of carboxylic acid groups (broad SMARTS) is 1. The third-order valence-electron chi connectivity index (χ3n) is 4.22. The van der Waals surface area contributed by atoms with Crippen molar-refractivity contribution in [2.75, 3.05) is 0 Å². The molecule has 0 aliphatic heterocycles. The molecule has 0 atom stereocenters. The van der Waals surface area contributed by atoms with Crippen LogP contribution < -0.4 is 0 Å². The van der Waals surface area contributed by atoms with Gasteiger partial charge in [0.2, 0.25) is 0 Å². The molecule has 1 fully saturated rings.